The molecule has 0 bridgehead atoms. The van der Waals surface area contributed by atoms with Crippen molar-refractivity contribution in [3.8, 4) is 28.1 Å². The normalized spacial score (nSPS) is 22.7. The maximum Gasteiger partial charge on any atom is 0.407 e. The number of nitrogens with one attached hydrogen (secondary N) is 2. The average Bonchev–Trinajstić information content (AvgIpc) is 3.95. The second-order valence-electron chi connectivity index (χ2n) is 15.1. The predicted molar refractivity (Wildman–Crippen MR) is 198 cm³/mol. The first-order valence-electron chi connectivity index (χ1n) is 18.4. The average molecular weight is 690 g/mol. The van der Waals surface area contributed by atoms with E-state index in [4.69, 9.17) is 24.2 Å². The van der Waals surface area contributed by atoms with Crippen molar-refractivity contribution in [2.75, 3.05) is 20.8 Å². The van der Waals surface area contributed by atoms with Crippen molar-refractivity contribution in [2.24, 2.45) is 16.8 Å². The van der Waals surface area contributed by atoms with Gasteiger partial charge >= 0.3 is 6.09 Å². The van der Waals surface area contributed by atoms with E-state index in [9.17, 15) is 9.59 Å². The van der Waals surface area contributed by atoms with Gasteiger partial charge in [-0.15, -0.1) is 0 Å². The van der Waals surface area contributed by atoms with Crippen LogP contribution in [-0.4, -0.2) is 71.5 Å². The SMILES string of the molecule is COC[C@@H]1CCC(c2ncc(-c3ccc4c(c3)COc3cc5c6c(ccc5cc3-4)N=C([C@@H]3CC[C@H](C)N3C(=O)[C@@H](NC(=O)OC)C(C)C)C6)[nH]2)C1. The standard InChI is InChI=1S/C41H47N5O5/c1-22(2)38(45-41(48)50-5)40(47)46-23(3)6-13-36(46)34-17-31-30-18-37-32(16-25(30)10-12-33(31)43-34)29-11-9-26(15-28(29)21-51-37)35-19-42-39(44-35)27-8-7-24(14-27)20-49-4/h9-12,15-16,18-19,22-24,27,36,38H,6-8,13-14,17,20-21H2,1-5H3,(H,42,44)(H,45,48)/t23-,24+,27?,36-,38-/m0/s1. The van der Waals surface area contributed by atoms with E-state index in [1.165, 1.54) is 24.7 Å². The predicted octanol–water partition coefficient (Wildman–Crippen LogP) is 7.71. The fourth-order valence-corrected chi connectivity index (χ4v) is 8.83. The lowest BCUT2D eigenvalue weighted by Gasteiger charge is -2.33. The van der Waals surface area contributed by atoms with Gasteiger partial charge in [0.25, 0.3) is 0 Å². The van der Waals surface area contributed by atoms with Crippen LogP contribution in [0, 0.1) is 11.8 Å². The number of aromatic nitrogens is 2. The third-order valence-corrected chi connectivity index (χ3v) is 11.5. The second kappa shape index (κ2) is 13.5. The molecule has 8 rings (SSSR count). The topological polar surface area (TPSA) is 118 Å². The molecule has 1 saturated heterocycles. The molecule has 266 valence electrons. The summed E-state index contributed by atoms with van der Waals surface area (Å²) < 4.78 is 16.7. The smallest absolute Gasteiger partial charge is 0.407 e. The Labute approximate surface area is 299 Å². The van der Waals surface area contributed by atoms with Gasteiger partial charge in [0.05, 0.1) is 30.7 Å². The minimum absolute atomic E-state index is 0.0452. The molecule has 10 heteroatoms. The molecule has 1 aromatic heterocycles. The monoisotopic (exact) mass is 689 g/mol. The molecule has 4 aliphatic rings. The molecular weight excluding hydrogens is 642 g/mol. The number of nitrogens with zero attached hydrogens (tertiary/aromatic N) is 3. The van der Waals surface area contributed by atoms with Crippen LogP contribution in [0.25, 0.3) is 33.2 Å². The van der Waals surface area contributed by atoms with E-state index in [1.807, 2.05) is 24.9 Å². The highest BCUT2D eigenvalue weighted by Gasteiger charge is 2.42. The number of rotatable bonds is 8. The summed E-state index contributed by atoms with van der Waals surface area (Å²) >= 11 is 0. The zero-order valence-corrected chi connectivity index (χ0v) is 30.1. The largest absolute Gasteiger partial charge is 0.488 e. The van der Waals surface area contributed by atoms with Gasteiger partial charge in [0, 0.05) is 43.4 Å². The number of methoxy groups -OCH3 is 2. The van der Waals surface area contributed by atoms with E-state index >= 15 is 0 Å². The minimum Gasteiger partial charge on any atom is -0.488 e. The van der Waals surface area contributed by atoms with Gasteiger partial charge in [-0.2, -0.15) is 0 Å². The molecule has 3 aliphatic heterocycles. The van der Waals surface area contributed by atoms with Crippen molar-refractivity contribution in [1.82, 2.24) is 20.2 Å². The minimum atomic E-state index is -0.670. The number of fused-ring (bicyclic) bond motifs is 6. The second-order valence-corrected chi connectivity index (χ2v) is 15.1. The van der Waals surface area contributed by atoms with Crippen LogP contribution >= 0.6 is 0 Å². The molecule has 0 spiro atoms. The van der Waals surface area contributed by atoms with Crippen molar-refractivity contribution in [3.63, 3.8) is 0 Å². The van der Waals surface area contributed by atoms with Crippen molar-refractivity contribution < 1.29 is 23.8 Å². The van der Waals surface area contributed by atoms with Crippen LogP contribution in [-0.2, 0) is 27.3 Å². The number of likely N-dealkylation sites (tertiary alicyclic amines) is 1. The van der Waals surface area contributed by atoms with Crippen LogP contribution in [0.15, 0.2) is 53.7 Å². The highest BCUT2D eigenvalue weighted by atomic mass is 16.5. The van der Waals surface area contributed by atoms with Gasteiger partial charge in [-0.05, 0) is 108 Å². The molecular formula is C41H47N5O5. The first-order chi connectivity index (χ1) is 24.7. The number of hydrogen-bond acceptors (Lipinski definition) is 7. The lowest BCUT2D eigenvalue weighted by molar-refractivity contribution is -0.135. The van der Waals surface area contributed by atoms with Gasteiger partial charge in [-0.25, -0.2) is 9.78 Å². The highest BCUT2D eigenvalue weighted by Crippen LogP contribution is 2.45. The van der Waals surface area contributed by atoms with Crippen molar-refractivity contribution in [3.05, 3.63) is 65.6 Å². The zero-order valence-electron chi connectivity index (χ0n) is 30.1. The van der Waals surface area contributed by atoms with Crippen molar-refractivity contribution >= 4 is 34.2 Å². The number of carbonyl (C=O) groups is 2. The molecule has 10 nitrogen and oxygen atoms in total. The number of aliphatic imine (C=N–C) groups is 1. The number of imidazole rings is 1. The molecule has 3 aromatic carbocycles. The number of alkyl carbamates (subject to hydrolysis) is 1. The Morgan fingerprint density at radius 2 is 1.92 bits per heavy atom. The number of benzene rings is 3. The maximum absolute atomic E-state index is 13.9. The van der Waals surface area contributed by atoms with E-state index in [0.29, 0.717) is 24.9 Å². The van der Waals surface area contributed by atoms with Gasteiger partial charge in [0.1, 0.15) is 24.2 Å². The maximum atomic E-state index is 13.9. The Kier molecular flexibility index (Phi) is 8.82. The third kappa shape index (κ3) is 6.07. The fraction of sp³-hybridized carbons (Fsp3) is 0.463. The summed E-state index contributed by atoms with van der Waals surface area (Å²) in [5, 5.41) is 5.04. The van der Waals surface area contributed by atoms with Gasteiger partial charge < -0.3 is 29.4 Å². The zero-order chi connectivity index (χ0) is 35.4. The molecule has 0 radical (unpaired) electrons. The fourth-order valence-electron chi connectivity index (χ4n) is 8.83. The van der Waals surface area contributed by atoms with Crippen LogP contribution in [0.2, 0.25) is 0 Å². The van der Waals surface area contributed by atoms with Gasteiger partial charge in [-0.3, -0.25) is 9.79 Å². The number of H-pyrrole nitrogens is 1. The molecule has 2 fully saturated rings. The first-order valence-corrected chi connectivity index (χ1v) is 18.4. The Hall–Kier alpha value is -4.70. The Morgan fingerprint density at radius 3 is 2.73 bits per heavy atom. The third-order valence-electron chi connectivity index (χ3n) is 11.5. The van der Waals surface area contributed by atoms with Crippen LogP contribution < -0.4 is 10.1 Å². The summed E-state index contributed by atoms with van der Waals surface area (Å²) in [6.07, 6.45) is 7.21. The van der Waals surface area contributed by atoms with E-state index in [2.05, 4.69) is 59.7 Å². The first kappa shape index (κ1) is 33.4. The summed E-state index contributed by atoms with van der Waals surface area (Å²) in [5.74, 6) is 2.84. The van der Waals surface area contributed by atoms with Crippen LogP contribution in [0.5, 0.6) is 5.75 Å². The van der Waals surface area contributed by atoms with Gasteiger partial charge in [0.2, 0.25) is 5.91 Å². The lowest BCUT2D eigenvalue weighted by Crippen LogP contribution is -2.55. The van der Waals surface area contributed by atoms with Crippen molar-refractivity contribution in [2.45, 2.75) is 89.9 Å². The molecule has 51 heavy (non-hydrogen) atoms. The number of hydrogen-bond donors (Lipinski definition) is 2. The number of amides is 2. The van der Waals surface area contributed by atoms with Crippen molar-refractivity contribution in [1.29, 1.82) is 0 Å². The number of ether oxygens (including phenoxy) is 3. The van der Waals surface area contributed by atoms with E-state index < -0.39 is 12.1 Å². The van der Waals surface area contributed by atoms with Gasteiger partial charge in [0.15, 0.2) is 0 Å². The molecule has 2 N–H and O–H groups in total. The lowest BCUT2D eigenvalue weighted by atomic mass is 9.90. The molecule has 4 aromatic rings. The van der Waals surface area contributed by atoms with Gasteiger partial charge in [-0.1, -0.05) is 32.0 Å². The Morgan fingerprint density at radius 1 is 1.06 bits per heavy atom. The summed E-state index contributed by atoms with van der Waals surface area (Å²) in [4.78, 5) is 41.5. The van der Waals surface area contributed by atoms with Crippen LogP contribution in [0.4, 0.5) is 10.5 Å². The van der Waals surface area contributed by atoms with E-state index in [-0.39, 0.29) is 23.9 Å². The summed E-state index contributed by atoms with van der Waals surface area (Å²) in [5.41, 5.74) is 8.70. The van der Waals surface area contributed by atoms with E-state index in [0.717, 1.165) is 88.4 Å². The molecule has 1 saturated carbocycles. The summed E-state index contributed by atoms with van der Waals surface area (Å²) in [7, 11) is 3.10. The van der Waals surface area contributed by atoms with Crippen LogP contribution in [0.3, 0.4) is 0 Å². The summed E-state index contributed by atoms with van der Waals surface area (Å²) in [6, 6.07) is 14.5. The molecule has 1 aliphatic carbocycles. The summed E-state index contributed by atoms with van der Waals surface area (Å²) in [6.45, 7) is 7.27. The van der Waals surface area contributed by atoms with Crippen LogP contribution in [0.1, 0.15) is 75.7 Å². The molecule has 2 amide bonds. The Bertz CT molecular complexity index is 2030. The molecule has 5 atom stereocenters. The number of aromatic amines is 1. The quantitative estimate of drug-likeness (QED) is 0.196. The Balaban J connectivity index is 1.03. The number of carbonyl (C=O) groups excluding carboxylic acids is 2. The highest BCUT2D eigenvalue weighted by molar-refractivity contribution is 6.06. The molecule has 4 heterocycles. The van der Waals surface area contributed by atoms with E-state index in [1.54, 1.807) is 7.11 Å². The molecule has 1 unspecified atom stereocenters.